The fourth-order valence-corrected chi connectivity index (χ4v) is 1.40. The van der Waals surface area contributed by atoms with Gasteiger partial charge >= 0.3 is 29.6 Å². The van der Waals surface area contributed by atoms with Crippen LogP contribution in [0.15, 0.2) is 42.5 Å². The van der Waals surface area contributed by atoms with Gasteiger partial charge in [0.25, 0.3) is 0 Å². The van der Waals surface area contributed by atoms with Gasteiger partial charge in [0.2, 0.25) is 0 Å². The largest absolute Gasteiger partial charge is 1.00 e. The maximum atomic E-state index is 12.2. The van der Waals surface area contributed by atoms with E-state index in [0.29, 0.717) is 3.57 Å². The summed E-state index contributed by atoms with van der Waals surface area (Å²) in [4.78, 5) is 0. The van der Waals surface area contributed by atoms with Gasteiger partial charge in [0.05, 0.1) is 3.57 Å². The topological polar surface area (TPSA) is 63.5 Å². The zero-order valence-electron chi connectivity index (χ0n) is 10.4. The van der Waals surface area contributed by atoms with Gasteiger partial charge in [0, 0.05) is 0 Å². The molecule has 2 aromatic rings. The van der Waals surface area contributed by atoms with Gasteiger partial charge < -0.3 is 14.9 Å². The molecule has 2 N–H and O–H groups in total. The maximum absolute atomic E-state index is 12.2. The van der Waals surface area contributed by atoms with E-state index in [1.54, 1.807) is 0 Å². The average molecular weight is 425 g/mol. The minimum Gasteiger partial charge on any atom is -0.769 e. The Kier molecular flexibility index (Phi) is 14.0. The summed E-state index contributed by atoms with van der Waals surface area (Å²) >= 11 is 5.25. The van der Waals surface area contributed by atoms with Crippen LogP contribution in [0.2, 0.25) is 0 Å². The molecular formula is C12H9ClF2INaO3. The molecule has 3 nitrogen and oxygen atoms in total. The molecule has 0 saturated carbocycles. The van der Waals surface area contributed by atoms with Crippen molar-refractivity contribution in [2.75, 3.05) is 0 Å². The third-order valence-electron chi connectivity index (χ3n) is 1.74. The van der Waals surface area contributed by atoms with E-state index in [2.05, 4.69) is 11.9 Å². The molecule has 0 aromatic heterocycles. The maximum Gasteiger partial charge on any atom is 1.00 e. The summed E-state index contributed by atoms with van der Waals surface area (Å²) in [6, 6.07) is 8.83. The summed E-state index contributed by atoms with van der Waals surface area (Å²) in [5.74, 6) is -0.441. The van der Waals surface area contributed by atoms with Crippen LogP contribution in [0.5, 0.6) is 11.5 Å². The molecule has 0 fully saturated rings. The fraction of sp³-hybridized carbons (Fsp3) is 0. The van der Waals surface area contributed by atoms with Crippen LogP contribution in [-0.2, 0) is 0 Å². The van der Waals surface area contributed by atoms with E-state index in [-0.39, 0.29) is 52.7 Å². The van der Waals surface area contributed by atoms with Crippen LogP contribution in [-0.4, -0.2) is 10.2 Å². The van der Waals surface area contributed by atoms with Gasteiger partial charge in [0.15, 0.2) is 0 Å². The predicted octanol–water partition coefficient (Wildman–Crippen LogP) is 0.172. The molecule has 0 saturated heterocycles. The van der Waals surface area contributed by atoms with Crippen LogP contribution in [0.3, 0.4) is 0 Å². The van der Waals surface area contributed by atoms with Crippen LogP contribution in [0, 0.1) is 15.2 Å². The van der Waals surface area contributed by atoms with E-state index in [1.165, 1.54) is 42.5 Å². The normalized spacial score (nSPS) is 8.25. The van der Waals surface area contributed by atoms with Crippen LogP contribution < -0.4 is 34.2 Å². The summed E-state index contributed by atoms with van der Waals surface area (Å²) in [6.07, 6.45) is 0. The number of benzene rings is 2. The zero-order chi connectivity index (χ0) is 14.8. The average Bonchev–Trinajstić information content (AvgIpc) is 2.41. The number of hydrogen-bond acceptors (Lipinski definition) is 3. The van der Waals surface area contributed by atoms with Crippen LogP contribution in [0.1, 0.15) is 0 Å². The first-order valence-electron chi connectivity index (χ1n) is 4.73. The van der Waals surface area contributed by atoms with Gasteiger partial charge in [-0.25, -0.2) is 20.6 Å². The monoisotopic (exact) mass is 424 g/mol. The third kappa shape index (κ3) is 9.73. The van der Waals surface area contributed by atoms with E-state index in [4.69, 9.17) is 14.9 Å². The van der Waals surface area contributed by atoms with Gasteiger partial charge in [-0.05, 0) is 65.1 Å². The smallest absolute Gasteiger partial charge is 0.769 e. The van der Waals surface area contributed by atoms with Gasteiger partial charge in [-0.1, -0.05) is 0 Å². The van der Waals surface area contributed by atoms with Crippen molar-refractivity contribution in [2.45, 2.75) is 0 Å². The van der Waals surface area contributed by atoms with Gasteiger partial charge in [-0.2, -0.15) is 0 Å². The molecule has 0 aliphatic heterocycles. The first kappa shape index (κ1) is 22.2. The quantitative estimate of drug-likeness (QED) is 0.468. The fourth-order valence-electron chi connectivity index (χ4n) is 0.922. The van der Waals surface area contributed by atoms with Gasteiger partial charge in [-0.15, -0.1) is 0 Å². The number of phenols is 2. The van der Waals surface area contributed by atoms with Crippen molar-refractivity contribution in [1.29, 1.82) is 0 Å². The van der Waals surface area contributed by atoms with Crippen LogP contribution in [0.25, 0.3) is 0 Å². The minimum absolute atomic E-state index is 0. The molecule has 0 spiro atoms. The standard InChI is InChI=1S/C6H4FIO.C6H5FO.ClO.Na/c7-4-1-2-6(9)5(8)3-4;7-5-1-3-6(8)4-2-5;1-2;/h1-3,9H;1-4,8H;;/q;;-1;+1. The second kappa shape index (κ2) is 12.6. The summed E-state index contributed by atoms with van der Waals surface area (Å²) < 4.78 is 32.5. The Morgan fingerprint density at radius 3 is 1.70 bits per heavy atom. The van der Waals surface area contributed by atoms with Crippen molar-refractivity contribution in [2.24, 2.45) is 0 Å². The molecule has 104 valence electrons. The number of hydrogen-bond donors (Lipinski definition) is 2. The number of aromatic hydroxyl groups is 2. The van der Waals surface area contributed by atoms with E-state index in [9.17, 15) is 8.78 Å². The summed E-state index contributed by atoms with van der Waals surface area (Å²) in [5, 5.41) is 17.5. The summed E-state index contributed by atoms with van der Waals surface area (Å²) in [7, 11) is 0. The van der Waals surface area contributed by atoms with E-state index in [1.807, 2.05) is 22.6 Å². The Balaban J connectivity index is 0. The Bertz CT molecular complexity index is 480. The molecule has 2 aromatic carbocycles. The molecule has 20 heavy (non-hydrogen) atoms. The Morgan fingerprint density at radius 1 is 0.900 bits per heavy atom. The van der Waals surface area contributed by atoms with Crippen LogP contribution >= 0.6 is 34.5 Å². The first-order valence-corrected chi connectivity index (χ1v) is 6.12. The summed E-state index contributed by atoms with van der Waals surface area (Å²) in [5.41, 5.74) is 0. The van der Waals surface area contributed by atoms with Crippen LogP contribution in [0.4, 0.5) is 8.78 Å². The molecule has 0 aliphatic rings. The second-order valence-electron chi connectivity index (χ2n) is 3.07. The minimum atomic E-state index is -0.331. The predicted molar refractivity (Wildman–Crippen MR) is 74.7 cm³/mol. The molecule has 2 rings (SSSR count). The Hall–Kier alpha value is -0.120. The number of rotatable bonds is 0. The first-order chi connectivity index (χ1) is 8.99. The summed E-state index contributed by atoms with van der Waals surface area (Å²) in [6.45, 7) is 0. The number of halogens is 4. The Labute approximate surface area is 155 Å². The molecule has 0 aliphatic carbocycles. The molecule has 0 atom stereocenters. The Morgan fingerprint density at radius 2 is 1.35 bits per heavy atom. The molecule has 0 amide bonds. The van der Waals surface area contributed by atoms with Crippen molar-refractivity contribution in [3.8, 4) is 11.5 Å². The van der Waals surface area contributed by atoms with Crippen molar-refractivity contribution in [3.63, 3.8) is 0 Å². The SMILES string of the molecule is Oc1ccc(F)cc1.Oc1ccc(F)cc1I.[Na+].[O-]Cl. The van der Waals surface area contributed by atoms with E-state index >= 15 is 0 Å². The second-order valence-corrected chi connectivity index (χ2v) is 4.23. The molecular weight excluding hydrogens is 415 g/mol. The van der Waals surface area contributed by atoms with Crippen molar-refractivity contribution >= 4 is 34.5 Å². The molecule has 0 bridgehead atoms. The van der Waals surface area contributed by atoms with Gasteiger partial charge in [0.1, 0.15) is 23.1 Å². The van der Waals surface area contributed by atoms with Crippen molar-refractivity contribution in [1.82, 2.24) is 0 Å². The number of phenolic OH excluding ortho intramolecular Hbond substituents is 2. The van der Waals surface area contributed by atoms with Crippen molar-refractivity contribution in [3.05, 3.63) is 57.7 Å². The molecule has 0 heterocycles. The zero-order valence-corrected chi connectivity index (χ0v) is 15.3. The molecule has 0 unspecified atom stereocenters. The molecule has 8 heteroatoms. The van der Waals surface area contributed by atoms with Crippen molar-refractivity contribution < 1.29 is 53.2 Å². The van der Waals surface area contributed by atoms with E-state index < -0.39 is 0 Å². The van der Waals surface area contributed by atoms with Gasteiger partial charge in [-0.3, -0.25) is 0 Å². The molecule has 0 radical (unpaired) electrons. The third-order valence-corrected chi connectivity index (χ3v) is 2.60. The van der Waals surface area contributed by atoms with E-state index in [0.717, 1.165) is 0 Å².